The Morgan fingerprint density at radius 3 is 2.63 bits per heavy atom. The van der Waals surface area contributed by atoms with Crippen LogP contribution in [0.15, 0.2) is 58.2 Å². The molecule has 0 saturated heterocycles. The summed E-state index contributed by atoms with van der Waals surface area (Å²) in [6.45, 7) is 5.23. The third-order valence-electron chi connectivity index (χ3n) is 3.85. The molecule has 0 fully saturated rings. The molecule has 0 saturated carbocycles. The zero-order valence-electron chi connectivity index (χ0n) is 15.2. The van der Waals surface area contributed by atoms with Crippen LogP contribution in [-0.4, -0.2) is 27.1 Å². The largest absolute Gasteiger partial charge is 0.411 e. The lowest BCUT2D eigenvalue weighted by Crippen LogP contribution is -2.22. The highest BCUT2D eigenvalue weighted by Gasteiger charge is 2.19. The maximum Gasteiger partial charge on any atom is 0.277 e. The van der Waals surface area contributed by atoms with Crippen molar-refractivity contribution in [3.8, 4) is 11.5 Å². The lowest BCUT2D eigenvalue weighted by molar-refractivity contribution is -0.115. The van der Waals surface area contributed by atoms with Crippen LogP contribution in [0.5, 0.6) is 0 Å². The van der Waals surface area contributed by atoms with E-state index in [0.717, 1.165) is 11.1 Å². The molecule has 138 valence electrons. The van der Waals surface area contributed by atoms with E-state index in [1.54, 1.807) is 31.2 Å². The zero-order chi connectivity index (χ0) is 19.4. The minimum absolute atomic E-state index is 0.0527. The number of nitrogens with zero attached hydrogens (tertiary/aromatic N) is 2. The third-order valence-corrected chi connectivity index (χ3v) is 4.79. The second-order valence-electron chi connectivity index (χ2n) is 6.13. The molecule has 2 aromatic carbocycles. The maximum absolute atomic E-state index is 12.4. The normalized spacial score (nSPS) is 11.8. The molecule has 7 heteroatoms. The zero-order valence-corrected chi connectivity index (χ0v) is 16.0. The summed E-state index contributed by atoms with van der Waals surface area (Å²) in [4.78, 5) is 23.9. The standard InChI is InChI=1S/C20H19N3O3S/c1-12-6-4-8-16(10-12)19-22-23-20(26-19)27-14(3)18(25)21-17-9-5-7-15(11-17)13(2)24/h4-11,14H,1-3H3,(H,21,25)/t14-/m1/s1. The number of thioether (sulfide) groups is 1. The van der Waals surface area contributed by atoms with E-state index in [9.17, 15) is 9.59 Å². The molecule has 0 aliphatic rings. The van der Waals surface area contributed by atoms with E-state index in [1.807, 2.05) is 31.2 Å². The summed E-state index contributed by atoms with van der Waals surface area (Å²) in [5.74, 6) is 0.155. The number of benzene rings is 2. The fraction of sp³-hybridized carbons (Fsp3) is 0.200. The average Bonchev–Trinajstić information content (AvgIpc) is 3.10. The summed E-state index contributed by atoms with van der Waals surface area (Å²) in [5.41, 5.74) is 3.06. The first-order valence-corrected chi connectivity index (χ1v) is 9.29. The molecule has 0 bridgehead atoms. The van der Waals surface area contributed by atoms with Crippen LogP contribution in [-0.2, 0) is 4.79 Å². The lowest BCUT2D eigenvalue weighted by Gasteiger charge is -2.10. The molecule has 3 rings (SSSR count). The monoisotopic (exact) mass is 381 g/mol. The van der Waals surface area contributed by atoms with Gasteiger partial charge in [-0.2, -0.15) is 0 Å². The van der Waals surface area contributed by atoms with Gasteiger partial charge in [0.15, 0.2) is 5.78 Å². The number of Topliss-reactive ketones (excluding diaryl/α,β-unsaturated/α-hetero) is 1. The predicted molar refractivity (Wildman–Crippen MR) is 105 cm³/mol. The van der Waals surface area contributed by atoms with Crippen LogP contribution < -0.4 is 5.32 Å². The Balaban J connectivity index is 1.65. The number of nitrogens with one attached hydrogen (secondary N) is 1. The smallest absolute Gasteiger partial charge is 0.277 e. The maximum atomic E-state index is 12.4. The van der Waals surface area contributed by atoms with Crippen molar-refractivity contribution in [2.75, 3.05) is 5.32 Å². The summed E-state index contributed by atoms with van der Waals surface area (Å²) in [6.07, 6.45) is 0. The number of carbonyl (C=O) groups is 2. The molecule has 1 heterocycles. The van der Waals surface area contributed by atoms with Gasteiger partial charge in [0.1, 0.15) is 0 Å². The number of amides is 1. The molecular formula is C20H19N3O3S. The van der Waals surface area contributed by atoms with Gasteiger partial charge < -0.3 is 9.73 Å². The summed E-state index contributed by atoms with van der Waals surface area (Å²) in [6, 6.07) is 14.6. The minimum atomic E-state index is -0.447. The average molecular weight is 381 g/mol. The summed E-state index contributed by atoms with van der Waals surface area (Å²) in [5, 5.41) is 10.7. The highest BCUT2D eigenvalue weighted by atomic mass is 32.2. The molecule has 0 unspecified atom stereocenters. The van der Waals surface area contributed by atoms with Gasteiger partial charge in [0.25, 0.3) is 5.22 Å². The number of rotatable bonds is 6. The fourth-order valence-corrected chi connectivity index (χ4v) is 3.10. The molecule has 1 atom stereocenters. The second-order valence-corrected chi connectivity index (χ2v) is 7.42. The van der Waals surface area contributed by atoms with Crippen molar-refractivity contribution < 1.29 is 14.0 Å². The molecule has 0 aliphatic heterocycles. The Morgan fingerprint density at radius 1 is 1.11 bits per heavy atom. The van der Waals surface area contributed by atoms with Gasteiger partial charge in [-0.1, -0.05) is 41.6 Å². The summed E-state index contributed by atoms with van der Waals surface area (Å²) >= 11 is 1.18. The van der Waals surface area contributed by atoms with Gasteiger partial charge in [-0.15, -0.1) is 10.2 Å². The van der Waals surface area contributed by atoms with Crippen molar-refractivity contribution in [2.45, 2.75) is 31.2 Å². The van der Waals surface area contributed by atoms with E-state index in [0.29, 0.717) is 22.4 Å². The first-order valence-electron chi connectivity index (χ1n) is 8.41. The van der Waals surface area contributed by atoms with Crippen molar-refractivity contribution in [3.05, 3.63) is 59.7 Å². The van der Waals surface area contributed by atoms with Crippen LogP contribution in [0.1, 0.15) is 29.8 Å². The number of hydrogen-bond donors (Lipinski definition) is 1. The molecule has 3 aromatic rings. The van der Waals surface area contributed by atoms with E-state index in [1.165, 1.54) is 18.7 Å². The number of aryl methyl sites for hydroxylation is 1. The third kappa shape index (κ3) is 4.83. The first kappa shape index (κ1) is 18.8. The molecule has 1 N–H and O–H groups in total. The quantitative estimate of drug-likeness (QED) is 0.504. The Morgan fingerprint density at radius 2 is 1.89 bits per heavy atom. The highest BCUT2D eigenvalue weighted by Crippen LogP contribution is 2.27. The Hall–Kier alpha value is -2.93. The molecule has 6 nitrogen and oxygen atoms in total. The Bertz CT molecular complexity index is 984. The topological polar surface area (TPSA) is 85.1 Å². The Labute approximate surface area is 161 Å². The number of ketones is 1. The van der Waals surface area contributed by atoms with Gasteiger partial charge in [0.2, 0.25) is 11.8 Å². The molecule has 1 amide bonds. The molecular weight excluding hydrogens is 362 g/mol. The number of hydrogen-bond acceptors (Lipinski definition) is 6. The Kier molecular flexibility index (Phi) is 5.71. The van der Waals surface area contributed by atoms with E-state index in [4.69, 9.17) is 4.42 Å². The first-order chi connectivity index (χ1) is 12.9. The van der Waals surface area contributed by atoms with E-state index >= 15 is 0 Å². The highest BCUT2D eigenvalue weighted by molar-refractivity contribution is 8.00. The molecule has 1 aromatic heterocycles. The lowest BCUT2D eigenvalue weighted by atomic mass is 10.1. The van der Waals surface area contributed by atoms with Crippen molar-refractivity contribution in [2.24, 2.45) is 0 Å². The molecule has 0 spiro atoms. The summed E-state index contributed by atoms with van der Waals surface area (Å²) in [7, 11) is 0. The van der Waals surface area contributed by atoms with E-state index < -0.39 is 5.25 Å². The van der Waals surface area contributed by atoms with Crippen LogP contribution in [0.3, 0.4) is 0 Å². The fourth-order valence-electron chi connectivity index (χ4n) is 2.42. The van der Waals surface area contributed by atoms with Gasteiger partial charge in [-0.3, -0.25) is 9.59 Å². The number of carbonyl (C=O) groups excluding carboxylic acids is 2. The summed E-state index contributed by atoms with van der Waals surface area (Å²) < 4.78 is 5.66. The van der Waals surface area contributed by atoms with Crippen molar-refractivity contribution in [1.29, 1.82) is 0 Å². The van der Waals surface area contributed by atoms with Crippen molar-refractivity contribution >= 4 is 29.1 Å². The van der Waals surface area contributed by atoms with Crippen LogP contribution in [0, 0.1) is 6.92 Å². The minimum Gasteiger partial charge on any atom is -0.411 e. The van der Waals surface area contributed by atoms with Gasteiger partial charge in [0, 0.05) is 16.8 Å². The molecule has 0 aliphatic carbocycles. The second kappa shape index (κ2) is 8.18. The number of aromatic nitrogens is 2. The van der Waals surface area contributed by atoms with E-state index in [2.05, 4.69) is 15.5 Å². The van der Waals surface area contributed by atoms with Gasteiger partial charge in [-0.25, -0.2) is 0 Å². The van der Waals surface area contributed by atoms with Crippen LogP contribution in [0.2, 0.25) is 0 Å². The van der Waals surface area contributed by atoms with Crippen LogP contribution in [0.4, 0.5) is 5.69 Å². The molecule has 27 heavy (non-hydrogen) atoms. The van der Waals surface area contributed by atoms with Gasteiger partial charge in [0.05, 0.1) is 5.25 Å². The van der Waals surface area contributed by atoms with E-state index in [-0.39, 0.29) is 11.7 Å². The molecule has 0 radical (unpaired) electrons. The SMILES string of the molecule is CC(=O)c1cccc(NC(=O)[C@@H](C)Sc2nnc(-c3cccc(C)c3)o2)c1. The van der Waals surface area contributed by atoms with Crippen molar-refractivity contribution in [1.82, 2.24) is 10.2 Å². The van der Waals surface area contributed by atoms with Crippen molar-refractivity contribution in [3.63, 3.8) is 0 Å². The van der Waals surface area contributed by atoms with Crippen LogP contribution >= 0.6 is 11.8 Å². The number of anilines is 1. The predicted octanol–water partition coefficient (Wildman–Crippen LogP) is 4.37. The van der Waals surface area contributed by atoms with Gasteiger partial charge in [-0.05, 0) is 45.0 Å². The van der Waals surface area contributed by atoms with Gasteiger partial charge >= 0.3 is 0 Å². The van der Waals surface area contributed by atoms with Crippen LogP contribution in [0.25, 0.3) is 11.5 Å².